The third-order valence-corrected chi connectivity index (χ3v) is 5.76. The zero-order chi connectivity index (χ0) is 23.8. The molecule has 7 N–H and O–H groups in total. The maximum Gasteiger partial charge on any atom is 0.251 e. The Kier molecular flexibility index (Phi) is 8.38. The summed E-state index contributed by atoms with van der Waals surface area (Å²) in [6.45, 7) is 3.74. The SMILES string of the molecule is C=C(N)c1cccc(CC(CO)C(CO)NC(=O)c2ccc(-c3cccc(CN)c3)cc2)c1. The summed E-state index contributed by atoms with van der Waals surface area (Å²) in [4.78, 5) is 12.8. The summed E-state index contributed by atoms with van der Waals surface area (Å²) in [5.41, 5.74) is 17.2. The topological polar surface area (TPSA) is 122 Å². The highest BCUT2D eigenvalue weighted by atomic mass is 16.3. The van der Waals surface area contributed by atoms with Crippen molar-refractivity contribution >= 4 is 11.6 Å². The number of carbonyl (C=O) groups excluding carboxylic acids is 1. The van der Waals surface area contributed by atoms with Crippen LogP contribution in [0.5, 0.6) is 0 Å². The number of aliphatic hydroxyl groups excluding tert-OH is 2. The third kappa shape index (κ3) is 6.29. The zero-order valence-electron chi connectivity index (χ0n) is 18.6. The van der Waals surface area contributed by atoms with Gasteiger partial charge in [-0.25, -0.2) is 0 Å². The van der Waals surface area contributed by atoms with Gasteiger partial charge in [-0.05, 0) is 58.5 Å². The minimum atomic E-state index is -0.604. The van der Waals surface area contributed by atoms with Gasteiger partial charge in [-0.3, -0.25) is 4.79 Å². The van der Waals surface area contributed by atoms with Crippen LogP contribution in [0.1, 0.15) is 27.0 Å². The molecule has 0 bridgehead atoms. The molecule has 0 aliphatic heterocycles. The fraction of sp³-hybridized carbons (Fsp3) is 0.222. The van der Waals surface area contributed by atoms with E-state index in [1.165, 1.54) is 0 Å². The van der Waals surface area contributed by atoms with Crippen molar-refractivity contribution in [3.63, 3.8) is 0 Å². The van der Waals surface area contributed by atoms with Crippen molar-refractivity contribution in [3.05, 3.63) is 102 Å². The minimum absolute atomic E-state index is 0.185. The van der Waals surface area contributed by atoms with Crippen LogP contribution in [0.4, 0.5) is 0 Å². The number of hydrogen-bond donors (Lipinski definition) is 5. The second kappa shape index (κ2) is 11.4. The number of nitrogens with two attached hydrogens (primary N) is 2. The van der Waals surface area contributed by atoms with Gasteiger partial charge in [0.1, 0.15) is 0 Å². The lowest BCUT2D eigenvalue weighted by molar-refractivity contribution is 0.0850. The Labute approximate surface area is 194 Å². The molecule has 1 amide bonds. The van der Waals surface area contributed by atoms with Gasteiger partial charge in [0, 0.05) is 30.3 Å². The van der Waals surface area contributed by atoms with E-state index >= 15 is 0 Å². The lowest BCUT2D eigenvalue weighted by Gasteiger charge is -2.25. The predicted molar refractivity (Wildman–Crippen MR) is 132 cm³/mol. The Hall–Kier alpha value is -3.45. The molecule has 172 valence electrons. The molecule has 0 aromatic heterocycles. The summed E-state index contributed by atoms with van der Waals surface area (Å²) in [6, 6.07) is 22.2. The van der Waals surface area contributed by atoms with Crippen LogP contribution >= 0.6 is 0 Å². The van der Waals surface area contributed by atoms with E-state index < -0.39 is 6.04 Å². The molecule has 0 radical (unpaired) electrons. The van der Waals surface area contributed by atoms with Gasteiger partial charge in [0.25, 0.3) is 5.91 Å². The van der Waals surface area contributed by atoms with Crippen LogP contribution in [0.25, 0.3) is 16.8 Å². The van der Waals surface area contributed by atoms with Gasteiger partial charge in [-0.2, -0.15) is 0 Å². The quantitative estimate of drug-likeness (QED) is 0.328. The number of aliphatic hydroxyl groups is 2. The third-order valence-electron chi connectivity index (χ3n) is 5.76. The predicted octanol–water partition coefficient (Wildman–Crippen LogP) is 2.68. The zero-order valence-corrected chi connectivity index (χ0v) is 18.6. The van der Waals surface area contributed by atoms with E-state index in [1.807, 2.05) is 60.7 Å². The molecule has 3 aromatic carbocycles. The summed E-state index contributed by atoms with van der Waals surface area (Å²) < 4.78 is 0. The molecular weight excluding hydrogens is 414 g/mol. The average Bonchev–Trinajstić information content (AvgIpc) is 2.86. The van der Waals surface area contributed by atoms with Crippen LogP contribution in [-0.4, -0.2) is 35.4 Å². The molecule has 2 unspecified atom stereocenters. The van der Waals surface area contributed by atoms with Crippen LogP contribution in [0, 0.1) is 5.92 Å². The Balaban J connectivity index is 1.70. The summed E-state index contributed by atoms with van der Waals surface area (Å²) in [5, 5.41) is 22.7. The highest BCUT2D eigenvalue weighted by Gasteiger charge is 2.23. The normalized spacial score (nSPS) is 12.7. The monoisotopic (exact) mass is 445 g/mol. The number of amides is 1. The Morgan fingerprint density at radius 2 is 1.58 bits per heavy atom. The first-order valence-electron chi connectivity index (χ1n) is 10.9. The second-order valence-corrected chi connectivity index (χ2v) is 8.12. The lowest BCUT2D eigenvalue weighted by Crippen LogP contribution is -2.45. The number of carbonyl (C=O) groups is 1. The highest BCUT2D eigenvalue weighted by Crippen LogP contribution is 2.21. The first kappa shape index (κ1) is 24.2. The van der Waals surface area contributed by atoms with Crippen molar-refractivity contribution in [1.29, 1.82) is 0 Å². The highest BCUT2D eigenvalue weighted by molar-refractivity contribution is 5.95. The van der Waals surface area contributed by atoms with E-state index in [0.29, 0.717) is 24.2 Å². The molecule has 0 saturated carbocycles. The molecule has 0 heterocycles. The molecule has 3 rings (SSSR count). The molecule has 2 atom stereocenters. The number of hydrogen-bond acceptors (Lipinski definition) is 5. The van der Waals surface area contributed by atoms with E-state index in [2.05, 4.69) is 11.9 Å². The molecule has 6 nitrogen and oxygen atoms in total. The molecule has 6 heteroatoms. The molecule has 3 aromatic rings. The van der Waals surface area contributed by atoms with E-state index in [-0.39, 0.29) is 25.0 Å². The Morgan fingerprint density at radius 3 is 2.21 bits per heavy atom. The smallest absolute Gasteiger partial charge is 0.251 e. The first-order valence-corrected chi connectivity index (χ1v) is 10.9. The van der Waals surface area contributed by atoms with Crippen molar-refractivity contribution in [1.82, 2.24) is 5.32 Å². The largest absolute Gasteiger partial charge is 0.399 e. The molecule has 33 heavy (non-hydrogen) atoms. The van der Waals surface area contributed by atoms with Crippen LogP contribution in [0.3, 0.4) is 0 Å². The van der Waals surface area contributed by atoms with Crippen molar-refractivity contribution in [3.8, 4) is 11.1 Å². The van der Waals surface area contributed by atoms with Crippen LogP contribution in [0.2, 0.25) is 0 Å². The Bertz CT molecular complexity index is 1100. The van der Waals surface area contributed by atoms with Gasteiger partial charge in [0.2, 0.25) is 0 Å². The van der Waals surface area contributed by atoms with Crippen molar-refractivity contribution in [2.24, 2.45) is 17.4 Å². The van der Waals surface area contributed by atoms with E-state index in [0.717, 1.165) is 27.8 Å². The summed E-state index contributed by atoms with van der Waals surface area (Å²) >= 11 is 0. The van der Waals surface area contributed by atoms with Gasteiger partial charge < -0.3 is 27.0 Å². The minimum Gasteiger partial charge on any atom is -0.399 e. The average molecular weight is 446 g/mol. The van der Waals surface area contributed by atoms with Crippen LogP contribution < -0.4 is 16.8 Å². The molecule has 0 fully saturated rings. The van der Waals surface area contributed by atoms with Gasteiger partial charge >= 0.3 is 0 Å². The summed E-state index contributed by atoms with van der Waals surface area (Å²) in [5.74, 6) is -0.669. The second-order valence-electron chi connectivity index (χ2n) is 8.12. The number of rotatable bonds is 10. The van der Waals surface area contributed by atoms with Crippen molar-refractivity contribution in [2.75, 3.05) is 13.2 Å². The fourth-order valence-corrected chi connectivity index (χ4v) is 3.79. The molecule has 0 saturated heterocycles. The van der Waals surface area contributed by atoms with E-state index in [4.69, 9.17) is 11.5 Å². The van der Waals surface area contributed by atoms with Crippen LogP contribution in [-0.2, 0) is 13.0 Å². The Morgan fingerprint density at radius 1 is 0.879 bits per heavy atom. The molecular formula is C27H31N3O3. The molecule has 0 aliphatic rings. The van der Waals surface area contributed by atoms with Crippen molar-refractivity contribution < 1.29 is 15.0 Å². The first-order chi connectivity index (χ1) is 15.9. The van der Waals surface area contributed by atoms with E-state index in [1.54, 1.807) is 12.1 Å². The maximum atomic E-state index is 12.8. The summed E-state index contributed by atoms with van der Waals surface area (Å²) in [6.07, 6.45) is 0.472. The number of benzene rings is 3. The summed E-state index contributed by atoms with van der Waals surface area (Å²) in [7, 11) is 0. The van der Waals surface area contributed by atoms with Gasteiger partial charge in [-0.1, -0.05) is 55.1 Å². The fourth-order valence-electron chi connectivity index (χ4n) is 3.79. The maximum absolute atomic E-state index is 12.8. The van der Waals surface area contributed by atoms with Gasteiger partial charge in [0.05, 0.1) is 12.6 Å². The molecule has 0 spiro atoms. The van der Waals surface area contributed by atoms with E-state index in [9.17, 15) is 15.0 Å². The standard InChI is InChI=1S/C27H31N3O3/c1-18(29)23-6-2-4-19(12-23)13-25(16-31)26(17-32)30-27(33)22-10-8-21(9-11-22)24-7-3-5-20(14-24)15-28/h2-12,14,25-26,31-32H,1,13,15-17,28-29H2,(H,30,33). The molecule has 0 aliphatic carbocycles. The van der Waals surface area contributed by atoms with Gasteiger partial charge in [-0.15, -0.1) is 0 Å². The number of nitrogens with one attached hydrogen (secondary N) is 1. The van der Waals surface area contributed by atoms with Crippen LogP contribution in [0.15, 0.2) is 79.4 Å². The van der Waals surface area contributed by atoms with Gasteiger partial charge in [0.15, 0.2) is 0 Å². The lowest BCUT2D eigenvalue weighted by atomic mass is 9.92. The van der Waals surface area contributed by atoms with Crippen molar-refractivity contribution in [2.45, 2.75) is 19.0 Å².